The lowest BCUT2D eigenvalue weighted by Gasteiger charge is -2.00. The lowest BCUT2D eigenvalue weighted by atomic mass is 10.2. The highest BCUT2D eigenvalue weighted by molar-refractivity contribution is 5.66. The fourth-order valence-electron chi connectivity index (χ4n) is 0.722. The van der Waals surface area contributed by atoms with Crippen molar-refractivity contribution in [2.75, 3.05) is 6.61 Å². The molecular formula is C10H16O2. The molecule has 0 aromatic rings. The van der Waals surface area contributed by atoms with Crippen LogP contribution in [0.15, 0.2) is 24.3 Å². The van der Waals surface area contributed by atoms with Gasteiger partial charge in [0.1, 0.15) is 6.61 Å². The summed E-state index contributed by atoms with van der Waals surface area (Å²) in [5, 5.41) is 0. The third-order valence-corrected chi connectivity index (χ3v) is 1.37. The molecular weight excluding hydrogens is 152 g/mol. The monoisotopic (exact) mass is 168 g/mol. The lowest BCUT2D eigenvalue weighted by molar-refractivity contribution is -0.139. The summed E-state index contributed by atoms with van der Waals surface area (Å²) in [6.07, 6.45) is 5.87. The highest BCUT2D eigenvalue weighted by Crippen LogP contribution is 1.99. The van der Waals surface area contributed by atoms with Gasteiger partial charge in [0.25, 0.3) is 0 Å². The van der Waals surface area contributed by atoms with Gasteiger partial charge in [0, 0.05) is 6.92 Å². The molecule has 0 N–H and O–H groups in total. The van der Waals surface area contributed by atoms with Crippen LogP contribution in [-0.2, 0) is 9.53 Å². The van der Waals surface area contributed by atoms with Crippen LogP contribution in [0.5, 0.6) is 0 Å². The molecule has 2 nitrogen and oxygen atoms in total. The normalized spacial score (nSPS) is 11.0. The van der Waals surface area contributed by atoms with Crippen LogP contribution < -0.4 is 0 Å². The van der Waals surface area contributed by atoms with E-state index < -0.39 is 0 Å². The lowest BCUT2D eigenvalue weighted by Crippen LogP contribution is -2.01. The zero-order chi connectivity index (χ0) is 9.40. The summed E-state index contributed by atoms with van der Waals surface area (Å²) < 4.78 is 4.80. The molecule has 0 saturated heterocycles. The predicted octanol–water partition coefficient (Wildman–Crippen LogP) is 2.46. The van der Waals surface area contributed by atoms with E-state index in [-0.39, 0.29) is 5.97 Å². The van der Waals surface area contributed by atoms with Crippen molar-refractivity contribution in [2.24, 2.45) is 0 Å². The predicted molar refractivity (Wildman–Crippen MR) is 49.8 cm³/mol. The second-order valence-electron chi connectivity index (χ2n) is 2.70. The SMILES string of the molecule is C=CCCC=C(C)COC(C)=O. The number of unbranched alkanes of at least 4 members (excludes halogenated alkanes) is 1. The summed E-state index contributed by atoms with van der Waals surface area (Å²) in [4.78, 5) is 10.4. The van der Waals surface area contributed by atoms with Crippen LogP contribution in [0.1, 0.15) is 26.7 Å². The number of ether oxygens (including phenoxy) is 1. The molecule has 0 aromatic carbocycles. The molecule has 0 fully saturated rings. The molecule has 0 rings (SSSR count). The number of esters is 1. The van der Waals surface area contributed by atoms with Crippen molar-refractivity contribution < 1.29 is 9.53 Å². The quantitative estimate of drug-likeness (QED) is 0.358. The Hall–Kier alpha value is -1.05. The van der Waals surface area contributed by atoms with E-state index in [1.54, 1.807) is 0 Å². The van der Waals surface area contributed by atoms with E-state index in [9.17, 15) is 4.79 Å². The van der Waals surface area contributed by atoms with Crippen LogP contribution in [0.4, 0.5) is 0 Å². The van der Waals surface area contributed by atoms with Gasteiger partial charge in [-0.2, -0.15) is 0 Å². The van der Waals surface area contributed by atoms with Gasteiger partial charge in [-0.25, -0.2) is 0 Å². The number of rotatable bonds is 5. The zero-order valence-electron chi connectivity index (χ0n) is 7.80. The molecule has 2 heteroatoms. The first kappa shape index (κ1) is 11.0. The minimum atomic E-state index is -0.230. The Balaban J connectivity index is 3.55. The zero-order valence-corrected chi connectivity index (χ0v) is 7.80. The first-order valence-corrected chi connectivity index (χ1v) is 4.06. The molecule has 0 aliphatic rings. The van der Waals surface area contributed by atoms with Crippen LogP contribution in [0.2, 0.25) is 0 Å². The summed E-state index contributed by atoms with van der Waals surface area (Å²) in [5.74, 6) is -0.230. The van der Waals surface area contributed by atoms with E-state index in [2.05, 4.69) is 12.7 Å². The Morgan fingerprint density at radius 3 is 2.58 bits per heavy atom. The summed E-state index contributed by atoms with van der Waals surface area (Å²) in [6, 6.07) is 0. The maximum atomic E-state index is 10.4. The topological polar surface area (TPSA) is 26.3 Å². The number of hydrogen-bond acceptors (Lipinski definition) is 2. The van der Waals surface area contributed by atoms with Gasteiger partial charge in [-0.1, -0.05) is 12.2 Å². The van der Waals surface area contributed by atoms with Gasteiger partial charge in [-0.3, -0.25) is 4.79 Å². The Labute approximate surface area is 73.9 Å². The van der Waals surface area contributed by atoms with Crippen LogP contribution in [0, 0.1) is 0 Å². The second-order valence-corrected chi connectivity index (χ2v) is 2.70. The van der Waals surface area contributed by atoms with E-state index in [1.807, 2.05) is 13.0 Å². The van der Waals surface area contributed by atoms with Crippen LogP contribution >= 0.6 is 0 Å². The molecule has 0 unspecified atom stereocenters. The molecule has 0 atom stereocenters. The minimum Gasteiger partial charge on any atom is -0.461 e. The van der Waals surface area contributed by atoms with Crippen molar-refractivity contribution >= 4 is 5.97 Å². The van der Waals surface area contributed by atoms with Gasteiger partial charge in [-0.15, -0.1) is 6.58 Å². The Kier molecular flexibility index (Phi) is 6.07. The minimum absolute atomic E-state index is 0.230. The molecule has 0 radical (unpaired) electrons. The van der Waals surface area contributed by atoms with E-state index in [0.717, 1.165) is 18.4 Å². The Morgan fingerprint density at radius 2 is 2.08 bits per heavy atom. The van der Waals surface area contributed by atoms with Gasteiger partial charge in [0.2, 0.25) is 0 Å². The van der Waals surface area contributed by atoms with Crippen LogP contribution in [0.25, 0.3) is 0 Å². The number of carbonyl (C=O) groups excluding carboxylic acids is 1. The van der Waals surface area contributed by atoms with Crippen molar-refractivity contribution in [2.45, 2.75) is 26.7 Å². The maximum Gasteiger partial charge on any atom is 0.302 e. The van der Waals surface area contributed by atoms with Gasteiger partial charge < -0.3 is 4.74 Å². The van der Waals surface area contributed by atoms with Crippen LogP contribution in [-0.4, -0.2) is 12.6 Å². The fraction of sp³-hybridized carbons (Fsp3) is 0.500. The first-order chi connectivity index (χ1) is 5.66. The average Bonchev–Trinajstić information content (AvgIpc) is 2.01. The number of hydrogen-bond donors (Lipinski definition) is 0. The van der Waals surface area contributed by atoms with Crippen molar-refractivity contribution in [1.29, 1.82) is 0 Å². The molecule has 0 saturated carbocycles. The van der Waals surface area contributed by atoms with Crippen molar-refractivity contribution in [3.05, 3.63) is 24.3 Å². The summed E-state index contributed by atoms with van der Waals surface area (Å²) in [6.45, 7) is 7.39. The molecule has 0 aliphatic heterocycles. The molecule has 12 heavy (non-hydrogen) atoms. The third kappa shape index (κ3) is 7.06. The fourth-order valence-corrected chi connectivity index (χ4v) is 0.722. The Morgan fingerprint density at radius 1 is 1.42 bits per heavy atom. The highest BCUT2D eigenvalue weighted by atomic mass is 16.5. The molecule has 0 spiro atoms. The maximum absolute atomic E-state index is 10.4. The smallest absolute Gasteiger partial charge is 0.302 e. The van der Waals surface area contributed by atoms with Crippen molar-refractivity contribution in [3.63, 3.8) is 0 Å². The largest absolute Gasteiger partial charge is 0.461 e. The van der Waals surface area contributed by atoms with Gasteiger partial charge >= 0.3 is 5.97 Å². The molecule has 0 heterocycles. The molecule has 68 valence electrons. The molecule has 0 aromatic heterocycles. The van der Waals surface area contributed by atoms with E-state index >= 15 is 0 Å². The van der Waals surface area contributed by atoms with E-state index in [1.165, 1.54) is 6.92 Å². The summed E-state index contributed by atoms with van der Waals surface area (Å²) >= 11 is 0. The van der Waals surface area contributed by atoms with Crippen molar-refractivity contribution in [3.8, 4) is 0 Å². The molecule has 0 amide bonds. The highest BCUT2D eigenvalue weighted by Gasteiger charge is 1.92. The summed E-state index contributed by atoms with van der Waals surface area (Å²) in [7, 11) is 0. The second kappa shape index (κ2) is 6.65. The number of carbonyl (C=O) groups is 1. The first-order valence-electron chi connectivity index (χ1n) is 4.06. The average molecular weight is 168 g/mol. The van der Waals surface area contributed by atoms with Crippen molar-refractivity contribution in [1.82, 2.24) is 0 Å². The number of allylic oxidation sites excluding steroid dienone is 2. The molecule has 0 bridgehead atoms. The third-order valence-electron chi connectivity index (χ3n) is 1.37. The molecule has 0 aliphatic carbocycles. The van der Waals surface area contributed by atoms with E-state index in [0.29, 0.717) is 6.61 Å². The Bertz CT molecular complexity index is 180. The van der Waals surface area contributed by atoms with Crippen LogP contribution in [0.3, 0.4) is 0 Å². The van der Waals surface area contributed by atoms with Gasteiger partial charge in [0.05, 0.1) is 0 Å². The van der Waals surface area contributed by atoms with Gasteiger partial charge in [-0.05, 0) is 25.3 Å². The summed E-state index contributed by atoms with van der Waals surface area (Å²) in [5.41, 5.74) is 1.09. The standard InChI is InChI=1S/C10H16O2/c1-4-5-6-7-9(2)8-12-10(3)11/h4,7H,1,5-6,8H2,2-3H3. The van der Waals surface area contributed by atoms with E-state index in [4.69, 9.17) is 4.74 Å². The van der Waals surface area contributed by atoms with Gasteiger partial charge in [0.15, 0.2) is 0 Å².